The Kier molecular flexibility index (Phi) is 6.96. The number of thiazole rings is 1. The normalized spacial score (nSPS) is 11.1. The lowest BCUT2D eigenvalue weighted by Gasteiger charge is -2.04. The highest BCUT2D eigenvalue weighted by Crippen LogP contribution is 2.12. The Morgan fingerprint density at radius 2 is 2.00 bits per heavy atom. The van der Waals surface area contributed by atoms with Crippen LogP contribution in [0.2, 0.25) is 0 Å². The van der Waals surface area contributed by atoms with E-state index < -0.39 is 5.82 Å². The van der Waals surface area contributed by atoms with Gasteiger partial charge in [-0.3, -0.25) is 9.78 Å². The third-order valence-electron chi connectivity index (χ3n) is 4.76. The van der Waals surface area contributed by atoms with Gasteiger partial charge < -0.3 is 15.6 Å². The summed E-state index contributed by atoms with van der Waals surface area (Å²) in [5.41, 5.74) is 2.62. The summed E-state index contributed by atoms with van der Waals surface area (Å²) in [6, 6.07) is 10.9. The van der Waals surface area contributed by atoms with Crippen LogP contribution >= 0.6 is 11.3 Å². The first-order valence-electron chi connectivity index (χ1n) is 10.2. The molecule has 0 aliphatic rings. The molecule has 0 aliphatic heterocycles. The van der Waals surface area contributed by atoms with E-state index in [9.17, 15) is 9.18 Å². The average molecular weight is 439 g/mol. The van der Waals surface area contributed by atoms with Gasteiger partial charge in [0.1, 0.15) is 17.3 Å². The Bertz CT molecular complexity index is 1120. The Morgan fingerprint density at radius 1 is 1.10 bits per heavy atom. The number of rotatable bonds is 10. The van der Waals surface area contributed by atoms with Crippen LogP contribution in [0, 0.1) is 5.82 Å². The summed E-state index contributed by atoms with van der Waals surface area (Å²) in [4.78, 5) is 28.4. The zero-order chi connectivity index (χ0) is 21.5. The van der Waals surface area contributed by atoms with Crippen LogP contribution in [0.4, 0.5) is 4.39 Å². The second-order valence-electron chi connectivity index (χ2n) is 7.05. The van der Waals surface area contributed by atoms with E-state index in [0.717, 1.165) is 54.2 Å². The van der Waals surface area contributed by atoms with E-state index in [2.05, 4.69) is 30.6 Å². The number of para-hydroxylation sites is 2. The van der Waals surface area contributed by atoms with Crippen molar-refractivity contribution in [3.63, 3.8) is 0 Å². The lowest BCUT2D eigenvalue weighted by atomic mass is 10.3. The topological polar surface area (TPSA) is 95.6 Å². The summed E-state index contributed by atoms with van der Waals surface area (Å²) < 4.78 is 13.6. The minimum absolute atomic E-state index is 0.0329. The number of imidazole rings is 1. The molecule has 0 saturated carbocycles. The van der Waals surface area contributed by atoms with Crippen molar-refractivity contribution in [2.45, 2.75) is 25.8 Å². The SMILES string of the molecule is O=C(NCc1ncccc1F)c1csc(CCNCCCc2nc3ccccc3[nH]2)n1. The summed E-state index contributed by atoms with van der Waals surface area (Å²) in [6.45, 7) is 1.70. The van der Waals surface area contributed by atoms with Crippen molar-refractivity contribution in [1.29, 1.82) is 0 Å². The molecule has 0 fully saturated rings. The fraction of sp³-hybridized carbons (Fsp3) is 0.273. The maximum Gasteiger partial charge on any atom is 0.271 e. The molecule has 0 atom stereocenters. The van der Waals surface area contributed by atoms with Gasteiger partial charge in [0.05, 0.1) is 28.3 Å². The maximum absolute atomic E-state index is 13.6. The first-order chi connectivity index (χ1) is 15.2. The van der Waals surface area contributed by atoms with Crippen molar-refractivity contribution >= 4 is 28.3 Å². The van der Waals surface area contributed by atoms with Crippen LogP contribution < -0.4 is 10.6 Å². The van der Waals surface area contributed by atoms with Gasteiger partial charge in [0.2, 0.25) is 0 Å². The van der Waals surface area contributed by atoms with E-state index in [1.54, 1.807) is 5.38 Å². The largest absolute Gasteiger partial charge is 0.345 e. The van der Waals surface area contributed by atoms with Gasteiger partial charge in [0.25, 0.3) is 5.91 Å². The molecule has 9 heteroatoms. The molecule has 0 aliphatic carbocycles. The second-order valence-corrected chi connectivity index (χ2v) is 7.99. The highest BCUT2D eigenvalue weighted by Gasteiger charge is 2.12. The highest BCUT2D eigenvalue weighted by atomic mass is 32.1. The van der Waals surface area contributed by atoms with E-state index >= 15 is 0 Å². The molecule has 7 nitrogen and oxygen atoms in total. The molecular formula is C22H23FN6OS. The number of aromatic nitrogens is 4. The number of benzene rings is 1. The number of aromatic amines is 1. The molecule has 160 valence electrons. The minimum Gasteiger partial charge on any atom is -0.345 e. The van der Waals surface area contributed by atoms with E-state index in [1.165, 1.54) is 29.7 Å². The molecule has 1 amide bonds. The predicted octanol–water partition coefficient (Wildman–Crippen LogP) is 3.25. The number of hydrogen-bond donors (Lipinski definition) is 3. The van der Waals surface area contributed by atoms with Crippen LogP contribution in [0.1, 0.15) is 33.4 Å². The molecule has 3 N–H and O–H groups in total. The molecule has 0 bridgehead atoms. The quantitative estimate of drug-likeness (QED) is 0.330. The molecule has 31 heavy (non-hydrogen) atoms. The number of amides is 1. The average Bonchev–Trinajstić information content (AvgIpc) is 3.42. The monoisotopic (exact) mass is 438 g/mol. The number of pyridine rings is 1. The van der Waals surface area contributed by atoms with Gasteiger partial charge in [-0.2, -0.15) is 0 Å². The van der Waals surface area contributed by atoms with Gasteiger partial charge >= 0.3 is 0 Å². The Balaban J connectivity index is 1.14. The van der Waals surface area contributed by atoms with Crippen molar-refractivity contribution in [3.05, 3.63) is 76.0 Å². The number of carbonyl (C=O) groups excluding carboxylic acids is 1. The van der Waals surface area contributed by atoms with Crippen LogP contribution in [-0.4, -0.2) is 38.9 Å². The molecule has 0 unspecified atom stereocenters. The van der Waals surface area contributed by atoms with Crippen molar-refractivity contribution in [1.82, 2.24) is 30.6 Å². The summed E-state index contributed by atoms with van der Waals surface area (Å²) in [6.07, 6.45) is 4.11. The summed E-state index contributed by atoms with van der Waals surface area (Å²) in [5.74, 6) is 0.240. The predicted molar refractivity (Wildman–Crippen MR) is 118 cm³/mol. The number of fused-ring (bicyclic) bond motifs is 1. The fourth-order valence-electron chi connectivity index (χ4n) is 3.16. The number of aryl methyl sites for hydroxylation is 1. The Labute approximate surface area is 183 Å². The first kappa shape index (κ1) is 21.1. The van der Waals surface area contributed by atoms with Gasteiger partial charge in [-0.15, -0.1) is 11.3 Å². The number of H-pyrrole nitrogens is 1. The second kappa shape index (κ2) is 10.2. The highest BCUT2D eigenvalue weighted by molar-refractivity contribution is 7.09. The molecule has 3 heterocycles. The third-order valence-corrected chi connectivity index (χ3v) is 5.67. The van der Waals surface area contributed by atoms with Crippen molar-refractivity contribution in [3.8, 4) is 0 Å². The van der Waals surface area contributed by atoms with Crippen LogP contribution in [0.15, 0.2) is 48.0 Å². The molecule has 3 aromatic heterocycles. The molecule has 4 aromatic rings. The van der Waals surface area contributed by atoms with Gasteiger partial charge in [0, 0.05) is 31.0 Å². The van der Waals surface area contributed by atoms with E-state index in [-0.39, 0.29) is 18.1 Å². The molecule has 0 radical (unpaired) electrons. The summed E-state index contributed by atoms with van der Waals surface area (Å²) in [7, 11) is 0. The number of nitrogens with one attached hydrogen (secondary N) is 3. The zero-order valence-corrected chi connectivity index (χ0v) is 17.7. The fourth-order valence-corrected chi connectivity index (χ4v) is 3.94. The number of hydrogen-bond acceptors (Lipinski definition) is 6. The van der Waals surface area contributed by atoms with Crippen molar-refractivity contribution in [2.24, 2.45) is 0 Å². The molecule has 1 aromatic carbocycles. The lowest BCUT2D eigenvalue weighted by Crippen LogP contribution is -2.24. The summed E-state index contributed by atoms with van der Waals surface area (Å²) >= 11 is 1.45. The Hall–Kier alpha value is -3.17. The van der Waals surface area contributed by atoms with E-state index in [4.69, 9.17) is 0 Å². The third kappa shape index (κ3) is 5.71. The number of carbonyl (C=O) groups is 1. The molecular weight excluding hydrogens is 415 g/mol. The molecule has 0 saturated heterocycles. The Morgan fingerprint density at radius 3 is 2.87 bits per heavy atom. The van der Waals surface area contributed by atoms with Gasteiger partial charge in [-0.25, -0.2) is 14.4 Å². The van der Waals surface area contributed by atoms with Crippen molar-refractivity contribution < 1.29 is 9.18 Å². The van der Waals surface area contributed by atoms with Crippen LogP contribution in [0.3, 0.4) is 0 Å². The maximum atomic E-state index is 13.6. The van der Waals surface area contributed by atoms with Crippen LogP contribution in [0.25, 0.3) is 11.0 Å². The van der Waals surface area contributed by atoms with Gasteiger partial charge in [0.15, 0.2) is 0 Å². The smallest absolute Gasteiger partial charge is 0.271 e. The number of halogens is 1. The minimum atomic E-state index is -0.437. The lowest BCUT2D eigenvalue weighted by molar-refractivity contribution is 0.0945. The number of nitrogens with zero attached hydrogens (tertiary/aromatic N) is 3. The standard InChI is InChI=1S/C22H23FN6OS/c23-15-5-3-11-25-18(15)13-26-22(30)19-14-31-21(29-19)9-12-24-10-4-8-20-27-16-6-1-2-7-17(16)28-20/h1-3,5-7,11,14,24H,4,8-10,12-13H2,(H,26,30)(H,27,28). The molecule has 0 spiro atoms. The van der Waals surface area contributed by atoms with E-state index in [0.29, 0.717) is 5.69 Å². The van der Waals surface area contributed by atoms with Crippen LogP contribution in [0.5, 0.6) is 0 Å². The van der Waals surface area contributed by atoms with Gasteiger partial charge in [-0.05, 0) is 37.2 Å². The van der Waals surface area contributed by atoms with E-state index in [1.807, 2.05) is 24.3 Å². The van der Waals surface area contributed by atoms with Crippen LogP contribution in [-0.2, 0) is 19.4 Å². The molecule has 4 rings (SSSR count). The summed E-state index contributed by atoms with van der Waals surface area (Å²) in [5, 5.41) is 8.67. The van der Waals surface area contributed by atoms with Crippen molar-refractivity contribution in [2.75, 3.05) is 13.1 Å². The first-order valence-corrected chi connectivity index (χ1v) is 11.0. The van der Waals surface area contributed by atoms with Gasteiger partial charge in [-0.1, -0.05) is 12.1 Å². The zero-order valence-electron chi connectivity index (χ0n) is 16.9.